The van der Waals surface area contributed by atoms with Crippen LogP contribution in [0.5, 0.6) is 0 Å². The van der Waals surface area contributed by atoms with Crippen molar-refractivity contribution in [3.8, 4) is 0 Å². The summed E-state index contributed by atoms with van der Waals surface area (Å²) in [6, 6.07) is 0. The molecule has 4 fully saturated rings. The van der Waals surface area contributed by atoms with E-state index in [2.05, 4.69) is 50.6 Å². The van der Waals surface area contributed by atoms with E-state index < -0.39 is 0 Å². The Morgan fingerprint density at radius 1 is 0.676 bits per heavy atom. The summed E-state index contributed by atoms with van der Waals surface area (Å²) in [5, 5.41) is 23.3. The first-order valence-corrected chi connectivity index (χ1v) is 14.9. The fourth-order valence-corrected chi connectivity index (χ4v) is 7.37. The van der Waals surface area contributed by atoms with Gasteiger partial charge in [-0.25, -0.2) is 0 Å². The van der Waals surface area contributed by atoms with Crippen LogP contribution in [0.4, 0.5) is 0 Å². The van der Waals surface area contributed by atoms with Gasteiger partial charge in [-0.3, -0.25) is 16.0 Å². The first-order valence-electron chi connectivity index (χ1n) is 14.9. The molecule has 198 valence electrons. The van der Waals surface area contributed by atoms with Gasteiger partial charge >= 0.3 is 0 Å². The van der Waals surface area contributed by atoms with Gasteiger partial charge < -0.3 is 9.84 Å². The van der Waals surface area contributed by atoms with E-state index in [0.717, 1.165) is 56.0 Å². The Balaban J connectivity index is 1.43. The van der Waals surface area contributed by atoms with Crippen LogP contribution in [0.1, 0.15) is 105 Å². The minimum atomic E-state index is -0.291. The van der Waals surface area contributed by atoms with Crippen LogP contribution in [-0.4, -0.2) is 42.4 Å². The molecule has 11 unspecified atom stereocenters. The molecule has 5 nitrogen and oxygen atoms in total. The van der Waals surface area contributed by atoms with Gasteiger partial charge in [0.1, 0.15) is 0 Å². The quantitative estimate of drug-likeness (QED) is 0.378. The van der Waals surface area contributed by atoms with E-state index in [-0.39, 0.29) is 24.3 Å². The maximum atomic E-state index is 11.2. The Hall–Kier alpha value is -0.200. The van der Waals surface area contributed by atoms with Crippen molar-refractivity contribution >= 4 is 0 Å². The fourth-order valence-electron chi connectivity index (χ4n) is 7.37. The smallest absolute Gasteiger partial charge is 0.0649 e. The van der Waals surface area contributed by atoms with E-state index in [4.69, 9.17) is 4.74 Å². The zero-order valence-electron chi connectivity index (χ0n) is 22.8. The number of hydrogen-bond acceptors (Lipinski definition) is 5. The van der Waals surface area contributed by atoms with Crippen molar-refractivity contribution in [1.82, 2.24) is 16.0 Å². The largest absolute Gasteiger partial charge is 0.393 e. The highest BCUT2D eigenvalue weighted by Gasteiger charge is 2.44. The molecule has 0 aromatic heterocycles. The number of rotatable bonds is 7. The molecular formula is C29H55N3O2. The summed E-state index contributed by atoms with van der Waals surface area (Å²) in [5.74, 6) is 4.91. The van der Waals surface area contributed by atoms with Crippen LogP contribution >= 0.6 is 0 Å². The Kier molecular flexibility index (Phi) is 9.76. The van der Waals surface area contributed by atoms with Gasteiger partial charge in [0, 0.05) is 12.5 Å². The third kappa shape index (κ3) is 6.56. The molecule has 11 atom stereocenters. The molecule has 0 radical (unpaired) electrons. The van der Waals surface area contributed by atoms with Crippen LogP contribution in [0.3, 0.4) is 0 Å². The molecule has 4 rings (SSSR count). The Morgan fingerprint density at radius 3 is 1.74 bits per heavy atom. The lowest BCUT2D eigenvalue weighted by Crippen LogP contribution is -2.73. The van der Waals surface area contributed by atoms with Gasteiger partial charge in [0.2, 0.25) is 0 Å². The van der Waals surface area contributed by atoms with Crippen LogP contribution in [-0.2, 0) is 4.74 Å². The zero-order chi connectivity index (χ0) is 24.2. The third-order valence-electron chi connectivity index (χ3n) is 10.4. The van der Waals surface area contributed by atoms with Gasteiger partial charge in [0.25, 0.3) is 0 Å². The molecule has 1 heterocycles. The second kappa shape index (κ2) is 12.4. The summed E-state index contributed by atoms with van der Waals surface area (Å²) in [5.41, 5.74) is 0. The molecule has 5 heteroatoms. The van der Waals surface area contributed by atoms with Crippen molar-refractivity contribution in [2.75, 3.05) is 6.61 Å². The number of unbranched alkanes of at least 4 members (excludes halogenated alkanes) is 1. The molecule has 0 bridgehead atoms. The van der Waals surface area contributed by atoms with Gasteiger partial charge in [0.15, 0.2) is 0 Å². The second-order valence-electron chi connectivity index (χ2n) is 12.9. The SMILES string of the molecule is CCCCOC1CCC(C2NC(C3CCC(C)C(C)C3)NC(C3CCC(C)C(C)C3)N2)C(O)C1. The Labute approximate surface area is 209 Å². The number of ether oxygens (including phenoxy) is 1. The average molecular weight is 478 g/mol. The number of hydrogen-bond donors (Lipinski definition) is 4. The van der Waals surface area contributed by atoms with Crippen molar-refractivity contribution in [2.45, 2.75) is 136 Å². The van der Waals surface area contributed by atoms with E-state index in [9.17, 15) is 5.11 Å². The van der Waals surface area contributed by atoms with E-state index >= 15 is 0 Å². The average Bonchev–Trinajstić information content (AvgIpc) is 2.82. The van der Waals surface area contributed by atoms with Gasteiger partial charge in [-0.15, -0.1) is 0 Å². The standard InChI is InChI=1S/C29H55N3O2/c1-6-7-14-34-24-12-13-25(26(33)17-24)29-31-27(22-10-8-18(2)20(4)15-22)30-28(32-29)23-11-9-19(3)21(5)16-23/h18-33H,6-17H2,1-5H3. The van der Waals surface area contributed by atoms with E-state index in [0.29, 0.717) is 24.2 Å². The Morgan fingerprint density at radius 2 is 1.24 bits per heavy atom. The van der Waals surface area contributed by atoms with Gasteiger partial charge in [-0.1, -0.05) is 53.9 Å². The number of aliphatic hydroxyl groups is 1. The molecule has 0 spiro atoms. The maximum absolute atomic E-state index is 11.2. The summed E-state index contributed by atoms with van der Waals surface area (Å²) in [6.07, 6.45) is 13.9. The van der Waals surface area contributed by atoms with Crippen LogP contribution in [0, 0.1) is 41.4 Å². The summed E-state index contributed by atoms with van der Waals surface area (Å²) in [7, 11) is 0. The number of nitrogens with one attached hydrogen (secondary N) is 3. The number of aliphatic hydroxyl groups excluding tert-OH is 1. The van der Waals surface area contributed by atoms with E-state index in [1.807, 2.05) is 0 Å². The van der Waals surface area contributed by atoms with Crippen LogP contribution < -0.4 is 16.0 Å². The molecule has 0 aromatic carbocycles. The normalized spacial score (nSPS) is 48.5. The van der Waals surface area contributed by atoms with Crippen LogP contribution in [0.15, 0.2) is 0 Å². The minimum Gasteiger partial charge on any atom is -0.393 e. The lowest BCUT2D eigenvalue weighted by atomic mass is 9.72. The Bertz CT molecular complexity index is 584. The third-order valence-corrected chi connectivity index (χ3v) is 10.4. The highest BCUT2D eigenvalue weighted by Crippen LogP contribution is 2.39. The monoisotopic (exact) mass is 477 g/mol. The first kappa shape index (κ1) is 26.9. The first-order chi connectivity index (χ1) is 16.4. The van der Waals surface area contributed by atoms with Gasteiger partial charge in [-0.05, 0) is 86.9 Å². The van der Waals surface area contributed by atoms with Crippen molar-refractivity contribution in [1.29, 1.82) is 0 Å². The fraction of sp³-hybridized carbons (Fsp3) is 1.00. The van der Waals surface area contributed by atoms with Crippen molar-refractivity contribution in [3.05, 3.63) is 0 Å². The van der Waals surface area contributed by atoms with Crippen molar-refractivity contribution in [2.24, 2.45) is 41.4 Å². The van der Waals surface area contributed by atoms with Crippen LogP contribution in [0.2, 0.25) is 0 Å². The molecule has 1 aliphatic heterocycles. The topological polar surface area (TPSA) is 65.5 Å². The second-order valence-corrected chi connectivity index (χ2v) is 12.9. The predicted octanol–water partition coefficient (Wildman–Crippen LogP) is 5.24. The maximum Gasteiger partial charge on any atom is 0.0649 e. The highest BCUT2D eigenvalue weighted by molar-refractivity contribution is 4.97. The molecule has 4 N–H and O–H groups in total. The van der Waals surface area contributed by atoms with Gasteiger partial charge in [0.05, 0.1) is 30.7 Å². The van der Waals surface area contributed by atoms with Crippen molar-refractivity contribution in [3.63, 3.8) is 0 Å². The molecule has 3 saturated carbocycles. The molecular weight excluding hydrogens is 422 g/mol. The molecule has 0 aromatic rings. The summed E-state index contributed by atoms with van der Waals surface area (Å²) < 4.78 is 6.09. The summed E-state index contributed by atoms with van der Waals surface area (Å²) in [6.45, 7) is 12.8. The minimum absolute atomic E-state index is 0.187. The molecule has 3 aliphatic carbocycles. The summed E-state index contributed by atoms with van der Waals surface area (Å²) >= 11 is 0. The molecule has 1 saturated heterocycles. The molecule has 0 amide bonds. The highest BCUT2D eigenvalue weighted by atomic mass is 16.5. The zero-order valence-corrected chi connectivity index (χ0v) is 22.8. The van der Waals surface area contributed by atoms with Crippen LogP contribution in [0.25, 0.3) is 0 Å². The summed E-state index contributed by atoms with van der Waals surface area (Å²) in [4.78, 5) is 0. The van der Waals surface area contributed by atoms with Crippen molar-refractivity contribution < 1.29 is 9.84 Å². The lowest BCUT2D eigenvalue weighted by Gasteiger charge is -2.51. The lowest BCUT2D eigenvalue weighted by molar-refractivity contribution is -0.0631. The van der Waals surface area contributed by atoms with Gasteiger partial charge in [-0.2, -0.15) is 0 Å². The van der Waals surface area contributed by atoms with E-state index in [1.54, 1.807) is 0 Å². The molecule has 4 aliphatic rings. The predicted molar refractivity (Wildman–Crippen MR) is 140 cm³/mol. The molecule has 34 heavy (non-hydrogen) atoms. The van der Waals surface area contributed by atoms with E-state index in [1.165, 1.54) is 44.9 Å².